The van der Waals surface area contributed by atoms with Crippen LogP contribution in [0.3, 0.4) is 0 Å². The van der Waals surface area contributed by atoms with Crippen LogP contribution in [0.25, 0.3) is 0 Å². The molecule has 3 atom stereocenters. The number of aromatic nitrogens is 1. The van der Waals surface area contributed by atoms with Gasteiger partial charge in [-0.25, -0.2) is 9.78 Å². The Morgan fingerprint density at radius 1 is 1.52 bits per heavy atom. The third kappa shape index (κ3) is 4.24. The zero-order valence-electron chi connectivity index (χ0n) is 12.0. The van der Waals surface area contributed by atoms with Crippen LogP contribution in [0.2, 0.25) is 5.15 Å². The van der Waals surface area contributed by atoms with Gasteiger partial charge in [-0.05, 0) is 11.6 Å². The molecule has 10 heteroatoms. The molecule has 2 rings (SSSR count). The second-order valence-corrected chi connectivity index (χ2v) is 5.53. The molecular weight excluding hydrogens is 339 g/mol. The highest BCUT2D eigenvalue weighted by molar-refractivity contribution is 6.29. The summed E-state index contributed by atoms with van der Waals surface area (Å²) in [7, 11) is 1.33. The number of halogens is 4. The van der Waals surface area contributed by atoms with Crippen LogP contribution in [0.15, 0.2) is 18.3 Å². The van der Waals surface area contributed by atoms with E-state index in [1.165, 1.54) is 19.2 Å². The first-order valence-electron chi connectivity index (χ1n) is 6.67. The molecule has 2 N–H and O–H groups in total. The van der Waals surface area contributed by atoms with Gasteiger partial charge in [-0.3, -0.25) is 4.90 Å². The van der Waals surface area contributed by atoms with E-state index in [1.807, 2.05) is 0 Å². The Hall–Kier alpha value is -1.58. The fourth-order valence-corrected chi connectivity index (χ4v) is 2.82. The average molecular weight is 354 g/mol. The van der Waals surface area contributed by atoms with Gasteiger partial charge >= 0.3 is 12.3 Å². The molecule has 1 aliphatic heterocycles. The maximum Gasteiger partial charge on any atom is 0.408 e. The molecular formula is C13H15ClF3N3O3. The molecule has 2 heterocycles. The Bertz CT molecular complexity index is 556. The quantitative estimate of drug-likeness (QED) is 0.812. The minimum Gasteiger partial charge on any atom is -0.465 e. The first-order valence-corrected chi connectivity index (χ1v) is 7.04. The second-order valence-electron chi connectivity index (χ2n) is 5.14. The third-order valence-electron chi connectivity index (χ3n) is 3.65. The molecule has 1 saturated heterocycles. The molecule has 1 amide bonds. The number of nitrogens with zero attached hydrogens (tertiary/aromatic N) is 2. The van der Waals surface area contributed by atoms with Crippen LogP contribution < -0.4 is 5.32 Å². The minimum atomic E-state index is -4.55. The number of likely N-dealkylation sites (tertiary alicyclic amines) is 1. The summed E-state index contributed by atoms with van der Waals surface area (Å²) in [5.41, 5.74) is -0.0623. The summed E-state index contributed by atoms with van der Waals surface area (Å²) in [6.07, 6.45) is -5.46. The molecule has 0 unspecified atom stereocenters. The molecule has 6 nitrogen and oxygen atoms in total. The van der Waals surface area contributed by atoms with Gasteiger partial charge in [0, 0.05) is 26.4 Å². The zero-order chi connectivity index (χ0) is 17.2. The van der Waals surface area contributed by atoms with Crippen molar-refractivity contribution >= 4 is 17.7 Å². The van der Waals surface area contributed by atoms with Gasteiger partial charge in [-0.15, -0.1) is 0 Å². The van der Waals surface area contributed by atoms with E-state index in [2.05, 4.69) is 10.3 Å². The molecule has 1 aromatic rings. The first-order chi connectivity index (χ1) is 10.7. The SMILES string of the molecule is CO[C@H]1CN([C@H](c2ccc(Cl)nc2)C(F)(F)F)C[C@H]1NC(=O)O. The maximum atomic E-state index is 13.5. The summed E-state index contributed by atoms with van der Waals surface area (Å²) < 4.78 is 45.6. The van der Waals surface area contributed by atoms with Gasteiger partial charge in [0.25, 0.3) is 0 Å². The van der Waals surface area contributed by atoms with Gasteiger partial charge in [-0.2, -0.15) is 13.2 Å². The van der Waals surface area contributed by atoms with Gasteiger partial charge in [0.05, 0.1) is 12.1 Å². The topological polar surface area (TPSA) is 74.7 Å². The number of hydrogen-bond donors (Lipinski definition) is 2. The molecule has 1 aromatic heterocycles. The summed E-state index contributed by atoms with van der Waals surface area (Å²) in [4.78, 5) is 15.6. The van der Waals surface area contributed by atoms with E-state index >= 15 is 0 Å². The van der Waals surface area contributed by atoms with Crippen molar-refractivity contribution in [2.24, 2.45) is 0 Å². The monoisotopic (exact) mass is 353 g/mol. The predicted octanol–water partition coefficient (Wildman–Crippen LogP) is 2.31. The number of nitrogens with one attached hydrogen (secondary N) is 1. The van der Waals surface area contributed by atoms with Crippen LogP contribution in [0, 0.1) is 0 Å². The maximum absolute atomic E-state index is 13.5. The standard InChI is InChI=1S/C13H15ClF3N3O3/c1-23-9-6-20(5-8(9)19-12(21)22)11(13(15,16)17)7-2-3-10(14)18-4-7/h2-4,8-9,11,19H,5-6H2,1H3,(H,21,22)/t8-,9+,11-/m1/s1. The third-order valence-corrected chi connectivity index (χ3v) is 3.87. The average Bonchev–Trinajstić information content (AvgIpc) is 2.81. The van der Waals surface area contributed by atoms with E-state index in [-0.39, 0.29) is 23.8 Å². The van der Waals surface area contributed by atoms with Crippen molar-refractivity contribution in [1.82, 2.24) is 15.2 Å². The molecule has 23 heavy (non-hydrogen) atoms. The number of pyridine rings is 1. The molecule has 0 bridgehead atoms. The number of methoxy groups -OCH3 is 1. The summed E-state index contributed by atoms with van der Waals surface area (Å²) in [5.74, 6) is 0. The molecule has 0 saturated carbocycles. The summed E-state index contributed by atoms with van der Waals surface area (Å²) in [5, 5.41) is 11.1. The van der Waals surface area contributed by atoms with Crippen LogP contribution in [0.5, 0.6) is 0 Å². The van der Waals surface area contributed by atoms with Crippen LogP contribution in [0.1, 0.15) is 11.6 Å². The van der Waals surface area contributed by atoms with Gasteiger partial charge in [0.2, 0.25) is 0 Å². The van der Waals surface area contributed by atoms with Gasteiger partial charge < -0.3 is 15.2 Å². The number of ether oxygens (including phenoxy) is 1. The highest BCUT2D eigenvalue weighted by Crippen LogP contribution is 2.39. The van der Waals surface area contributed by atoms with E-state index in [9.17, 15) is 18.0 Å². The molecule has 128 valence electrons. The van der Waals surface area contributed by atoms with Crippen molar-refractivity contribution in [1.29, 1.82) is 0 Å². The summed E-state index contributed by atoms with van der Waals surface area (Å²) in [6, 6.07) is -0.118. The molecule has 0 aromatic carbocycles. The highest BCUT2D eigenvalue weighted by atomic mass is 35.5. The van der Waals surface area contributed by atoms with Gasteiger partial charge in [-0.1, -0.05) is 17.7 Å². The van der Waals surface area contributed by atoms with Crippen molar-refractivity contribution in [2.45, 2.75) is 24.4 Å². The van der Waals surface area contributed by atoms with E-state index in [0.29, 0.717) is 0 Å². The normalized spacial score (nSPS) is 23.7. The van der Waals surface area contributed by atoms with Crippen LogP contribution >= 0.6 is 11.6 Å². The number of amides is 1. The number of carbonyl (C=O) groups is 1. The van der Waals surface area contributed by atoms with Crippen LogP contribution in [-0.2, 0) is 4.74 Å². The Labute approximate surface area is 135 Å². The Balaban J connectivity index is 2.27. The zero-order valence-corrected chi connectivity index (χ0v) is 12.8. The second kappa shape index (κ2) is 6.90. The number of hydrogen-bond acceptors (Lipinski definition) is 4. The Kier molecular flexibility index (Phi) is 5.33. The minimum absolute atomic E-state index is 0.0613. The first kappa shape index (κ1) is 17.8. The van der Waals surface area contributed by atoms with Crippen molar-refractivity contribution in [2.75, 3.05) is 20.2 Å². The predicted molar refractivity (Wildman–Crippen MR) is 75.4 cm³/mol. The van der Waals surface area contributed by atoms with Crippen molar-refractivity contribution in [3.8, 4) is 0 Å². The Morgan fingerprint density at radius 2 is 2.22 bits per heavy atom. The van der Waals surface area contributed by atoms with Crippen LogP contribution in [-0.4, -0.2) is 59.6 Å². The number of rotatable bonds is 4. The van der Waals surface area contributed by atoms with E-state index < -0.39 is 30.5 Å². The summed E-state index contributed by atoms with van der Waals surface area (Å²) in [6.45, 7) is -0.189. The highest BCUT2D eigenvalue weighted by Gasteiger charge is 2.49. The molecule has 0 aliphatic carbocycles. The molecule has 1 aliphatic rings. The lowest BCUT2D eigenvalue weighted by molar-refractivity contribution is -0.184. The largest absolute Gasteiger partial charge is 0.465 e. The lowest BCUT2D eigenvalue weighted by Crippen LogP contribution is -2.43. The van der Waals surface area contributed by atoms with Crippen molar-refractivity contribution < 1.29 is 27.8 Å². The smallest absolute Gasteiger partial charge is 0.408 e. The molecule has 0 radical (unpaired) electrons. The molecule has 0 spiro atoms. The van der Waals surface area contributed by atoms with E-state index in [0.717, 1.165) is 11.1 Å². The lowest BCUT2D eigenvalue weighted by Gasteiger charge is -2.29. The van der Waals surface area contributed by atoms with Gasteiger partial charge in [0.15, 0.2) is 0 Å². The number of alkyl halides is 3. The van der Waals surface area contributed by atoms with E-state index in [1.54, 1.807) is 0 Å². The molecule has 1 fully saturated rings. The number of carboxylic acid groups (broad SMARTS) is 1. The fourth-order valence-electron chi connectivity index (χ4n) is 2.71. The lowest BCUT2D eigenvalue weighted by atomic mass is 10.1. The van der Waals surface area contributed by atoms with Gasteiger partial charge in [0.1, 0.15) is 11.2 Å². The van der Waals surface area contributed by atoms with E-state index in [4.69, 9.17) is 21.4 Å². The van der Waals surface area contributed by atoms with Crippen molar-refractivity contribution in [3.05, 3.63) is 29.0 Å². The summed E-state index contributed by atoms with van der Waals surface area (Å²) >= 11 is 5.62. The Morgan fingerprint density at radius 3 is 2.70 bits per heavy atom. The fraction of sp³-hybridized carbons (Fsp3) is 0.538. The van der Waals surface area contributed by atoms with Crippen molar-refractivity contribution in [3.63, 3.8) is 0 Å². The van der Waals surface area contributed by atoms with Crippen LogP contribution in [0.4, 0.5) is 18.0 Å².